The van der Waals surface area contributed by atoms with Gasteiger partial charge in [0.05, 0.1) is 25.2 Å². The van der Waals surface area contributed by atoms with Crippen LogP contribution in [0.3, 0.4) is 0 Å². The molecular formula is C17H20N6O. The van der Waals surface area contributed by atoms with Gasteiger partial charge in [-0.3, -0.25) is 0 Å². The van der Waals surface area contributed by atoms with Crippen LogP contribution in [0.25, 0.3) is 11.2 Å². The number of morpholine rings is 1. The molecule has 1 aliphatic rings. The summed E-state index contributed by atoms with van der Waals surface area (Å²) in [6.45, 7) is 4.73. The second-order valence-corrected chi connectivity index (χ2v) is 6.06. The first kappa shape index (κ1) is 14.9. The predicted molar refractivity (Wildman–Crippen MR) is 93.7 cm³/mol. The Balaban J connectivity index is 1.50. The number of benzene rings is 1. The molecule has 0 amide bonds. The average molecular weight is 324 g/mol. The van der Waals surface area contributed by atoms with Gasteiger partial charge in [-0.2, -0.15) is 4.98 Å². The summed E-state index contributed by atoms with van der Waals surface area (Å²) in [6, 6.07) is 8.32. The zero-order chi connectivity index (χ0) is 16.5. The SMILES string of the molecule is CC1CN(c2ccc(Nc3ncc4ncn(C)c4n3)cc2)CCO1. The third-order valence-electron chi connectivity index (χ3n) is 4.18. The van der Waals surface area contributed by atoms with Crippen LogP contribution in [0.4, 0.5) is 17.3 Å². The molecule has 3 heterocycles. The smallest absolute Gasteiger partial charge is 0.229 e. The van der Waals surface area contributed by atoms with Crippen LogP contribution in [0.15, 0.2) is 36.8 Å². The van der Waals surface area contributed by atoms with E-state index in [0.717, 1.165) is 36.5 Å². The van der Waals surface area contributed by atoms with Crippen LogP contribution < -0.4 is 10.2 Å². The lowest BCUT2D eigenvalue weighted by Gasteiger charge is -2.33. The van der Waals surface area contributed by atoms with E-state index in [4.69, 9.17) is 4.74 Å². The summed E-state index contributed by atoms with van der Waals surface area (Å²) < 4.78 is 7.47. The van der Waals surface area contributed by atoms with Crippen molar-refractivity contribution >= 4 is 28.5 Å². The minimum Gasteiger partial charge on any atom is -0.375 e. The van der Waals surface area contributed by atoms with E-state index in [1.807, 2.05) is 23.7 Å². The second kappa shape index (κ2) is 6.09. The molecule has 0 bridgehead atoms. The maximum Gasteiger partial charge on any atom is 0.229 e. The zero-order valence-corrected chi connectivity index (χ0v) is 13.8. The van der Waals surface area contributed by atoms with Gasteiger partial charge >= 0.3 is 0 Å². The summed E-state index contributed by atoms with van der Waals surface area (Å²) in [5.41, 5.74) is 3.77. The highest BCUT2D eigenvalue weighted by atomic mass is 16.5. The highest BCUT2D eigenvalue weighted by Crippen LogP contribution is 2.22. The summed E-state index contributed by atoms with van der Waals surface area (Å²) in [5, 5.41) is 3.25. The van der Waals surface area contributed by atoms with Crippen LogP contribution >= 0.6 is 0 Å². The quantitative estimate of drug-likeness (QED) is 0.797. The van der Waals surface area contributed by atoms with E-state index in [-0.39, 0.29) is 6.10 Å². The normalized spacial score (nSPS) is 18.1. The van der Waals surface area contributed by atoms with Crippen molar-refractivity contribution in [3.05, 3.63) is 36.8 Å². The number of fused-ring (bicyclic) bond motifs is 1. The number of imidazole rings is 1. The molecule has 0 radical (unpaired) electrons. The van der Waals surface area contributed by atoms with Crippen molar-refractivity contribution in [3.63, 3.8) is 0 Å². The number of aromatic nitrogens is 4. The number of hydrogen-bond donors (Lipinski definition) is 1. The van der Waals surface area contributed by atoms with Crippen molar-refractivity contribution in [3.8, 4) is 0 Å². The maximum absolute atomic E-state index is 5.59. The van der Waals surface area contributed by atoms with Gasteiger partial charge in [0.2, 0.25) is 5.95 Å². The van der Waals surface area contributed by atoms with E-state index in [2.05, 4.69) is 44.2 Å². The molecule has 3 aromatic rings. The molecule has 1 fully saturated rings. The topological polar surface area (TPSA) is 68.1 Å². The molecule has 1 N–H and O–H groups in total. The van der Waals surface area contributed by atoms with Crippen molar-refractivity contribution < 1.29 is 4.74 Å². The Morgan fingerprint density at radius 2 is 2.04 bits per heavy atom. The number of nitrogens with one attached hydrogen (secondary N) is 1. The Kier molecular flexibility index (Phi) is 3.78. The molecule has 1 unspecified atom stereocenters. The Morgan fingerprint density at radius 1 is 1.21 bits per heavy atom. The summed E-state index contributed by atoms with van der Waals surface area (Å²) in [5.74, 6) is 0.568. The van der Waals surface area contributed by atoms with Crippen LogP contribution in [0.5, 0.6) is 0 Å². The molecule has 7 heteroatoms. The fraction of sp³-hybridized carbons (Fsp3) is 0.353. The van der Waals surface area contributed by atoms with Gasteiger partial charge in [-0.1, -0.05) is 0 Å². The lowest BCUT2D eigenvalue weighted by Crippen LogP contribution is -2.41. The summed E-state index contributed by atoms with van der Waals surface area (Å²) in [6.07, 6.45) is 3.74. The van der Waals surface area contributed by atoms with Gasteiger partial charge in [-0.25, -0.2) is 9.97 Å². The van der Waals surface area contributed by atoms with Crippen molar-refractivity contribution in [2.75, 3.05) is 29.9 Å². The van der Waals surface area contributed by atoms with Crippen LogP contribution in [0, 0.1) is 0 Å². The standard InChI is InChI=1S/C17H20N6O/c1-12-10-23(7-8-24-12)14-5-3-13(4-6-14)20-17-18-9-15-16(21-17)22(2)11-19-15/h3-6,9,11-12H,7-8,10H2,1-2H3,(H,18,20,21). The van der Waals surface area contributed by atoms with Gasteiger partial charge < -0.3 is 19.5 Å². The fourth-order valence-corrected chi connectivity index (χ4v) is 2.92. The first-order chi connectivity index (χ1) is 11.7. The summed E-state index contributed by atoms with van der Waals surface area (Å²) >= 11 is 0. The molecule has 124 valence electrons. The molecule has 1 atom stereocenters. The molecule has 1 aliphatic heterocycles. The third kappa shape index (κ3) is 2.90. The minimum atomic E-state index is 0.274. The number of aryl methyl sites for hydroxylation is 1. The van der Waals surface area contributed by atoms with Crippen molar-refractivity contribution in [2.24, 2.45) is 7.05 Å². The predicted octanol–water partition coefficient (Wildman–Crippen LogP) is 2.33. The van der Waals surface area contributed by atoms with E-state index in [0.29, 0.717) is 5.95 Å². The summed E-state index contributed by atoms with van der Waals surface area (Å²) in [7, 11) is 1.92. The van der Waals surface area contributed by atoms with E-state index in [1.54, 1.807) is 12.5 Å². The van der Waals surface area contributed by atoms with Crippen molar-refractivity contribution in [2.45, 2.75) is 13.0 Å². The van der Waals surface area contributed by atoms with Gasteiger partial charge in [-0.05, 0) is 31.2 Å². The van der Waals surface area contributed by atoms with Crippen LogP contribution in [-0.2, 0) is 11.8 Å². The molecule has 4 rings (SSSR count). The number of anilines is 3. The molecule has 0 spiro atoms. The van der Waals surface area contributed by atoms with Crippen LogP contribution in [-0.4, -0.2) is 45.3 Å². The van der Waals surface area contributed by atoms with E-state index in [1.165, 1.54) is 5.69 Å². The molecule has 0 aliphatic carbocycles. The Bertz CT molecular complexity index is 844. The fourth-order valence-electron chi connectivity index (χ4n) is 2.92. The molecule has 1 saturated heterocycles. The van der Waals surface area contributed by atoms with Crippen molar-refractivity contribution in [1.29, 1.82) is 0 Å². The summed E-state index contributed by atoms with van der Waals surface area (Å²) in [4.78, 5) is 15.4. The monoisotopic (exact) mass is 324 g/mol. The molecule has 2 aromatic heterocycles. The minimum absolute atomic E-state index is 0.274. The second-order valence-electron chi connectivity index (χ2n) is 6.06. The Morgan fingerprint density at radius 3 is 2.83 bits per heavy atom. The maximum atomic E-state index is 5.59. The van der Waals surface area contributed by atoms with E-state index in [9.17, 15) is 0 Å². The Labute approximate surface area is 140 Å². The number of rotatable bonds is 3. The highest BCUT2D eigenvalue weighted by Gasteiger charge is 2.16. The number of hydrogen-bond acceptors (Lipinski definition) is 6. The molecule has 0 saturated carbocycles. The molecule has 1 aromatic carbocycles. The van der Waals surface area contributed by atoms with Crippen LogP contribution in [0.1, 0.15) is 6.92 Å². The highest BCUT2D eigenvalue weighted by molar-refractivity contribution is 5.71. The average Bonchev–Trinajstić information content (AvgIpc) is 2.96. The van der Waals surface area contributed by atoms with E-state index < -0.39 is 0 Å². The van der Waals surface area contributed by atoms with Crippen LogP contribution in [0.2, 0.25) is 0 Å². The van der Waals surface area contributed by atoms with Gasteiger partial charge in [0.25, 0.3) is 0 Å². The molecule has 7 nitrogen and oxygen atoms in total. The number of nitrogens with zero attached hydrogens (tertiary/aromatic N) is 5. The van der Waals surface area contributed by atoms with Gasteiger partial charge in [0.1, 0.15) is 5.52 Å². The van der Waals surface area contributed by atoms with E-state index >= 15 is 0 Å². The third-order valence-corrected chi connectivity index (χ3v) is 4.18. The van der Waals surface area contributed by atoms with Gasteiger partial charge in [-0.15, -0.1) is 0 Å². The van der Waals surface area contributed by atoms with Gasteiger partial charge in [0.15, 0.2) is 5.65 Å². The number of ether oxygens (including phenoxy) is 1. The largest absolute Gasteiger partial charge is 0.375 e. The van der Waals surface area contributed by atoms with Crippen molar-refractivity contribution in [1.82, 2.24) is 19.5 Å². The molecule has 24 heavy (non-hydrogen) atoms. The lowest BCUT2D eigenvalue weighted by atomic mass is 10.2. The first-order valence-electron chi connectivity index (χ1n) is 8.07. The zero-order valence-electron chi connectivity index (χ0n) is 13.8. The lowest BCUT2D eigenvalue weighted by molar-refractivity contribution is 0.0532. The Hall–Kier alpha value is -2.67. The van der Waals surface area contributed by atoms with Gasteiger partial charge in [0, 0.05) is 31.5 Å². The first-order valence-corrected chi connectivity index (χ1v) is 8.07. The molecular weight excluding hydrogens is 304 g/mol.